The molecule has 0 aromatic carbocycles. The number of furan rings is 1. The minimum atomic E-state index is -0.183. The summed E-state index contributed by atoms with van der Waals surface area (Å²) in [5, 5.41) is 5.68. The summed E-state index contributed by atoms with van der Waals surface area (Å²) in [6, 6.07) is 3.89. The van der Waals surface area contributed by atoms with Gasteiger partial charge in [0.15, 0.2) is 0 Å². The number of hydrogen-bond donors (Lipinski definition) is 2. The van der Waals surface area contributed by atoms with Crippen LogP contribution in [0.4, 0.5) is 0 Å². The second-order valence-electron chi connectivity index (χ2n) is 4.60. The number of likely N-dealkylation sites (N-methyl/N-ethyl adjacent to an activating group) is 1. The fourth-order valence-corrected chi connectivity index (χ4v) is 1.43. The third kappa shape index (κ3) is 3.38. The van der Waals surface area contributed by atoms with E-state index in [2.05, 4.69) is 10.6 Å². The van der Waals surface area contributed by atoms with Gasteiger partial charge in [-0.1, -0.05) is 13.8 Å². The lowest BCUT2D eigenvalue weighted by molar-refractivity contribution is -0.120. The summed E-state index contributed by atoms with van der Waals surface area (Å²) in [6.07, 6.45) is 0. The van der Waals surface area contributed by atoms with E-state index in [4.69, 9.17) is 4.42 Å². The standard InChI is InChI=1S/C12H20N2O2/c1-9-5-6-10(16-9)12(2,3)8-14-11(15)7-13-4/h5-6,13H,7-8H2,1-4H3,(H,14,15). The number of rotatable bonds is 5. The number of hydrogen-bond acceptors (Lipinski definition) is 3. The molecule has 16 heavy (non-hydrogen) atoms. The fraction of sp³-hybridized carbons (Fsp3) is 0.583. The molecule has 0 unspecified atom stereocenters. The summed E-state index contributed by atoms with van der Waals surface area (Å²) < 4.78 is 5.57. The molecule has 0 saturated heterocycles. The first-order valence-corrected chi connectivity index (χ1v) is 5.44. The molecule has 1 aromatic rings. The molecule has 0 fully saturated rings. The van der Waals surface area contributed by atoms with Crippen LogP contribution in [0.5, 0.6) is 0 Å². The Labute approximate surface area is 96.4 Å². The molecule has 4 heteroatoms. The van der Waals surface area contributed by atoms with E-state index >= 15 is 0 Å². The zero-order valence-corrected chi connectivity index (χ0v) is 10.4. The maximum absolute atomic E-state index is 11.3. The van der Waals surface area contributed by atoms with Crippen LogP contribution < -0.4 is 10.6 Å². The van der Waals surface area contributed by atoms with E-state index in [0.717, 1.165) is 11.5 Å². The summed E-state index contributed by atoms with van der Waals surface area (Å²) in [7, 11) is 1.75. The molecule has 0 saturated carbocycles. The maximum Gasteiger partial charge on any atom is 0.233 e. The van der Waals surface area contributed by atoms with Crippen LogP contribution in [0.2, 0.25) is 0 Å². The molecule has 0 spiro atoms. The number of nitrogens with one attached hydrogen (secondary N) is 2. The highest BCUT2D eigenvalue weighted by molar-refractivity contribution is 5.78. The van der Waals surface area contributed by atoms with Gasteiger partial charge in [0, 0.05) is 12.0 Å². The van der Waals surface area contributed by atoms with Crippen molar-refractivity contribution in [3.8, 4) is 0 Å². The highest BCUT2D eigenvalue weighted by atomic mass is 16.3. The number of carbonyl (C=O) groups excluding carboxylic acids is 1. The third-order valence-electron chi connectivity index (χ3n) is 2.47. The van der Waals surface area contributed by atoms with Crippen LogP contribution in [-0.4, -0.2) is 26.0 Å². The molecular weight excluding hydrogens is 204 g/mol. The van der Waals surface area contributed by atoms with E-state index in [0.29, 0.717) is 13.1 Å². The molecular formula is C12H20N2O2. The first kappa shape index (κ1) is 12.8. The fourth-order valence-electron chi connectivity index (χ4n) is 1.43. The Morgan fingerprint density at radius 1 is 1.44 bits per heavy atom. The Bertz CT molecular complexity index is 356. The van der Waals surface area contributed by atoms with Gasteiger partial charge in [-0.05, 0) is 26.1 Å². The van der Waals surface area contributed by atoms with Gasteiger partial charge in [0.1, 0.15) is 11.5 Å². The Hall–Kier alpha value is -1.29. The molecule has 0 bridgehead atoms. The van der Waals surface area contributed by atoms with Gasteiger partial charge >= 0.3 is 0 Å². The first-order valence-electron chi connectivity index (χ1n) is 5.44. The van der Waals surface area contributed by atoms with E-state index in [-0.39, 0.29) is 11.3 Å². The van der Waals surface area contributed by atoms with Gasteiger partial charge in [0.05, 0.1) is 6.54 Å². The molecule has 1 rings (SSSR count). The van der Waals surface area contributed by atoms with Gasteiger partial charge in [-0.3, -0.25) is 4.79 Å². The lowest BCUT2D eigenvalue weighted by Gasteiger charge is -2.22. The highest BCUT2D eigenvalue weighted by Crippen LogP contribution is 2.24. The van der Waals surface area contributed by atoms with Gasteiger partial charge in [-0.15, -0.1) is 0 Å². The predicted octanol–water partition coefficient (Wildman–Crippen LogP) is 1.20. The second kappa shape index (κ2) is 5.16. The molecule has 1 amide bonds. The van der Waals surface area contributed by atoms with E-state index < -0.39 is 0 Å². The van der Waals surface area contributed by atoms with Gasteiger partial charge in [0.2, 0.25) is 5.91 Å². The maximum atomic E-state index is 11.3. The van der Waals surface area contributed by atoms with Crippen LogP contribution >= 0.6 is 0 Å². The molecule has 0 atom stereocenters. The zero-order valence-electron chi connectivity index (χ0n) is 10.4. The SMILES string of the molecule is CNCC(=O)NCC(C)(C)c1ccc(C)o1. The Kier molecular flexibility index (Phi) is 4.12. The van der Waals surface area contributed by atoms with Crippen LogP contribution in [0.25, 0.3) is 0 Å². The average Bonchev–Trinajstić information content (AvgIpc) is 2.63. The molecule has 90 valence electrons. The van der Waals surface area contributed by atoms with Crippen LogP contribution in [0, 0.1) is 6.92 Å². The van der Waals surface area contributed by atoms with Crippen molar-refractivity contribution in [3.05, 3.63) is 23.7 Å². The largest absolute Gasteiger partial charge is 0.466 e. The number of carbonyl (C=O) groups is 1. The zero-order chi connectivity index (χ0) is 12.2. The topological polar surface area (TPSA) is 54.3 Å². The molecule has 1 heterocycles. The third-order valence-corrected chi connectivity index (χ3v) is 2.47. The van der Waals surface area contributed by atoms with Crippen molar-refractivity contribution in [3.63, 3.8) is 0 Å². The predicted molar refractivity (Wildman–Crippen MR) is 63.4 cm³/mol. The Morgan fingerprint density at radius 3 is 2.62 bits per heavy atom. The Balaban J connectivity index is 2.55. The van der Waals surface area contributed by atoms with Gasteiger partial charge < -0.3 is 15.1 Å². The van der Waals surface area contributed by atoms with Crippen LogP contribution in [-0.2, 0) is 10.2 Å². The smallest absolute Gasteiger partial charge is 0.233 e. The van der Waals surface area contributed by atoms with Crippen molar-refractivity contribution in [1.29, 1.82) is 0 Å². The molecule has 0 aliphatic heterocycles. The van der Waals surface area contributed by atoms with Crippen molar-refractivity contribution >= 4 is 5.91 Å². The highest BCUT2D eigenvalue weighted by Gasteiger charge is 2.24. The summed E-state index contributed by atoms with van der Waals surface area (Å²) in [5.41, 5.74) is -0.183. The monoisotopic (exact) mass is 224 g/mol. The van der Waals surface area contributed by atoms with Crippen molar-refractivity contribution < 1.29 is 9.21 Å². The minimum Gasteiger partial charge on any atom is -0.466 e. The summed E-state index contributed by atoms with van der Waals surface area (Å²) in [6.45, 7) is 6.92. The van der Waals surface area contributed by atoms with E-state index in [1.165, 1.54) is 0 Å². The first-order chi connectivity index (χ1) is 7.45. The van der Waals surface area contributed by atoms with Crippen LogP contribution in [0.1, 0.15) is 25.4 Å². The van der Waals surface area contributed by atoms with Crippen molar-refractivity contribution in [2.75, 3.05) is 20.1 Å². The van der Waals surface area contributed by atoms with E-state index in [1.54, 1.807) is 7.05 Å². The quantitative estimate of drug-likeness (QED) is 0.790. The molecule has 0 radical (unpaired) electrons. The minimum absolute atomic E-state index is 0.00106. The lowest BCUT2D eigenvalue weighted by Crippen LogP contribution is -2.40. The van der Waals surface area contributed by atoms with Crippen molar-refractivity contribution in [1.82, 2.24) is 10.6 Å². The van der Waals surface area contributed by atoms with E-state index in [1.807, 2.05) is 32.9 Å². The van der Waals surface area contributed by atoms with Crippen LogP contribution in [0.15, 0.2) is 16.5 Å². The second-order valence-corrected chi connectivity index (χ2v) is 4.60. The van der Waals surface area contributed by atoms with Crippen molar-refractivity contribution in [2.24, 2.45) is 0 Å². The number of amides is 1. The number of aryl methyl sites for hydroxylation is 1. The molecule has 4 nitrogen and oxygen atoms in total. The average molecular weight is 224 g/mol. The van der Waals surface area contributed by atoms with E-state index in [9.17, 15) is 4.79 Å². The summed E-state index contributed by atoms with van der Waals surface area (Å²) >= 11 is 0. The van der Waals surface area contributed by atoms with Crippen molar-refractivity contribution in [2.45, 2.75) is 26.2 Å². The molecule has 0 aliphatic carbocycles. The molecule has 1 aromatic heterocycles. The summed E-state index contributed by atoms with van der Waals surface area (Å²) in [5.74, 6) is 1.79. The van der Waals surface area contributed by atoms with Gasteiger partial charge in [-0.2, -0.15) is 0 Å². The normalized spacial score (nSPS) is 11.5. The van der Waals surface area contributed by atoms with Gasteiger partial charge in [-0.25, -0.2) is 0 Å². The van der Waals surface area contributed by atoms with Crippen LogP contribution in [0.3, 0.4) is 0 Å². The lowest BCUT2D eigenvalue weighted by atomic mass is 9.90. The Morgan fingerprint density at radius 2 is 2.12 bits per heavy atom. The molecule has 2 N–H and O–H groups in total. The molecule has 0 aliphatic rings. The summed E-state index contributed by atoms with van der Waals surface area (Å²) in [4.78, 5) is 11.3. The van der Waals surface area contributed by atoms with Gasteiger partial charge in [0.25, 0.3) is 0 Å².